The van der Waals surface area contributed by atoms with Crippen LogP contribution in [0.2, 0.25) is 0 Å². The van der Waals surface area contributed by atoms with Gasteiger partial charge in [0.1, 0.15) is 0 Å². The van der Waals surface area contributed by atoms with E-state index >= 15 is 0 Å². The van der Waals surface area contributed by atoms with Gasteiger partial charge in [0.2, 0.25) is 0 Å². The minimum Gasteiger partial charge on any atom is -0.481 e. The molecule has 0 bridgehead atoms. The van der Waals surface area contributed by atoms with E-state index in [1.165, 1.54) is 0 Å². The Hall–Kier alpha value is -2.62. The van der Waals surface area contributed by atoms with Gasteiger partial charge < -0.3 is 10.2 Å². The summed E-state index contributed by atoms with van der Waals surface area (Å²) >= 11 is 0. The predicted molar refractivity (Wildman–Crippen MR) is 82.6 cm³/mol. The largest absolute Gasteiger partial charge is 0.481 e. The van der Waals surface area contributed by atoms with E-state index in [0.29, 0.717) is 11.1 Å². The summed E-state index contributed by atoms with van der Waals surface area (Å²) in [5.41, 5.74) is 1.32. The second-order valence-corrected chi connectivity index (χ2v) is 5.00. The summed E-state index contributed by atoms with van der Waals surface area (Å²) in [4.78, 5) is 22.9. The van der Waals surface area contributed by atoms with Gasteiger partial charge in [-0.05, 0) is 24.0 Å². The molecule has 1 radical (unpaired) electrons. The molecule has 0 saturated heterocycles. The molecule has 2 aromatic rings. The minimum atomic E-state index is -0.983. The van der Waals surface area contributed by atoms with Crippen molar-refractivity contribution in [2.24, 2.45) is 0 Å². The van der Waals surface area contributed by atoms with E-state index in [2.05, 4.69) is 0 Å². The van der Waals surface area contributed by atoms with Gasteiger partial charge >= 0.3 is 11.9 Å². The Bertz CT molecular complexity index is 565. The first-order valence-corrected chi connectivity index (χ1v) is 6.98. The number of benzene rings is 2. The van der Waals surface area contributed by atoms with Crippen molar-refractivity contribution < 1.29 is 19.8 Å². The first-order valence-electron chi connectivity index (χ1n) is 6.98. The molecular formula is C18H17O4. The van der Waals surface area contributed by atoms with E-state index in [-0.39, 0.29) is 6.42 Å². The molecule has 0 amide bonds. The van der Waals surface area contributed by atoms with Crippen LogP contribution in [0.3, 0.4) is 0 Å². The number of carboxylic acid groups (broad SMARTS) is 2. The van der Waals surface area contributed by atoms with Crippen molar-refractivity contribution in [3.05, 3.63) is 78.2 Å². The number of rotatable bonds is 7. The van der Waals surface area contributed by atoms with Crippen molar-refractivity contribution in [3.63, 3.8) is 0 Å². The van der Waals surface area contributed by atoms with E-state index in [0.717, 1.165) is 0 Å². The van der Waals surface area contributed by atoms with Crippen LogP contribution in [-0.4, -0.2) is 22.2 Å². The molecule has 0 aliphatic heterocycles. The second kappa shape index (κ2) is 7.41. The maximum Gasteiger partial charge on any atom is 0.311 e. The van der Waals surface area contributed by atoms with Crippen LogP contribution in [0.25, 0.3) is 0 Å². The number of aliphatic carboxylic acids is 2. The van der Waals surface area contributed by atoms with Crippen molar-refractivity contribution in [1.82, 2.24) is 0 Å². The number of hydrogen-bond acceptors (Lipinski definition) is 2. The van der Waals surface area contributed by atoms with Crippen LogP contribution in [0.5, 0.6) is 0 Å². The van der Waals surface area contributed by atoms with Crippen molar-refractivity contribution in [2.75, 3.05) is 0 Å². The van der Waals surface area contributed by atoms with Crippen LogP contribution >= 0.6 is 0 Å². The van der Waals surface area contributed by atoms with Crippen molar-refractivity contribution >= 4 is 11.9 Å². The lowest BCUT2D eigenvalue weighted by molar-refractivity contribution is -0.140. The molecule has 113 valence electrons. The predicted octanol–water partition coefficient (Wildman–Crippen LogP) is 3.32. The molecule has 0 aromatic heterocycles. The smallest absolute Gasteiger partial charge is 0.311 e. The Morgan fingerprint density at radius 2 is 1.32 bits per heavy atom. The van der Waals surface area contributed by atoms with Crippen LogP contribution in [0.4, 0.5) is 0 Å². The van der Waals surface area contributed by atoms with Gasteiger partial charge in [-0.2, -0.15) is 0 Å². The lowest BCUT2D eigenvalue weighted by Crippen LogP contribution is -2.17. The Balaban J connectivity index is 2.14. The first kappa shape index (κ1) is 15.8. The van der Waals surface area contributed by atoms with Gasteiger partial charge in [-0.25, -0.2) is 0 Å². The Labute approximate surface area is 129 Å². The molecule has 0 aliphatic carbocycles. The molecule has 2 aromatic carbocycles. The monoisotopic (exact) mass is 297 g/mol. The van der Waals surface area contributed by atoms with E-state index in [1.54, 1.807) is 55.0 Å². The molecule has 0 fully saturated rings. The minimum absolute atomic E-state index is 0.158. The van der Waals surface area contributed by atoms with E-state index in [1.807, 2.05) is 12.1 Å². The highest BCUT2D eigenvalue weighted by Gasteiger charge is 2.25. The lowest BCUT2D eigenvalue weighted by Gasteiger charge is -2.16. The maximum atomic E-state index is 11.5. The van der Waals surface area contributed by atoms with E-state index in [4.69, 9.17) is 0 Å². The van der Waals surface area contributed by atoms with E-state index < -0.39 is 23.8 Å². The molecule has 4 nitrogen and oxygen atoms in total. The van der Waals surface area contributed by atoms with Gasteiger partial charge in [0, 0.05) is 0 Å². The van der Waals surface area contributed by atoms with Gasteiger partial charge in [-0.15, -0.1) is 0 Å². The molecule has 2 atom stereocenters. The summed E-state index contributed by atoms with van der Waals surface area (Å²) in [7, 11) is 0. The van der Waals surface area contributed by atoms with Gasteiger partial charge in [0.15, 0.2) is 0 Å². The Morgan fingerprint density at radius 1 is 0.818 bits per heavy atom. The fraction of sp³-hybridized carbons (Fsp3) is 0.167. The topological polar surface area (TPSA) is 74.6 Å². The van der Waals surface area contributed by atoms with Crippen molar-refractivity contribution in [1.29, 1.82) is 0 Å². The summed E-state index contributed by atoms with van der Waals surface area (Å²) < 4.78 is 0. The Morgan fingerprint density at radius 3 is 1.77 bits per heavy atom. The van der Waals surface area contributed by atoms with Crippen LogP contribution < -0.4 is 0 Å². The standard InChI is InChI=1S/C18H17O4/c19-17(20)15(13-7-3-1-4-8-13)11-12-16(18(21)22)14-9-5-2-6-10-14/h1-11,15-16H,12H2,(H,19,20)(H,21,22). The normalized spacial score (nSPS) is 13.3. The summed E-state index contributed by atoms with van der Waals surface area (Å²) in [6.07, 6.45) is 1.72. The Kier molecular flexibility index (Phi) is 5.31. The quantitative estimate of drug-likeness (QED) is 0.822. The van der Waals surface area contributed by atoms with Crippen LogP contribution in [0.1, 0.15) is 29.4 Å². The summed E-state index contributed by atoms with van der Waals surface area (Å²) in [6.45, 7) is 0. The third-order valence-electron chi connectivity index (χ3n) is 3.53. The molecule has 0 saturated carbocycles. The average molecular weight is 297 g/mol. The molecule has 0 spiro atoms. The average Bonchev–Trinajstić information content (AvgIpc) is 2.52. The molecule has 2 N–H and O–H groups in total. The number of carboxylic acids is 2. The highest BCUT2D eigenvalue weighted by atomic mass is 16.4. The number of carbonyl (C=O) groups is 2. The third-order valence-corrected chi connectivity index (χ3v) is 3.53. The highest BCUT2D eigenvalue weighted by molar-refractivity contribution is 5.79. The first-order chi connectivity index (χ1) is 10.6. The summed E-state index contributed by atoms with van der Waals surface area (Å²) in [5.74, 6) is -3.50. The zero-order valence-electron chi connectivity index (χ0n) is 11.9. The third kappa shape index (κ3) is 3.95. The summed E-state index contributed by atoms with van der Waals surface area (Å²) in [5, 5.41) is 18.8. The molecule has 0 heterocycles. The lowest BCUT2D eigenvalue weighted by atomic mass is 9.87. The van der Waals surface area contributed by atoms with Gasteiger partial charge in [-0.1, -0.05) is 60.7 Å². The van der Waals surface area contributed by atoms with Crippen molar-refractivity contribution in [2.45, 2.75) is 18.3 Å². The second-order valence-electron chi connectivity index (χ2n) is 5.00. The van der Waals surface area contributed by atoms with Crippen molar-refractivity contribution in [3.8, 4) is 0 Å². The van der Waals surface area contributed by atoms with Crippen LogP contribution in [0.15, 0.2) is 60.7 Å². The highest BCUT2D eigenvalue weighted by Crippen LogP contribution is 2.27. The molecule has 4 heteroatoms. The fourth-order valence-electron chi connectivity index (χ4n) is 2.38. The van der Waals surface area contributed by atoms with Crippen LogP contribution in [-0.2, 0) is 9.59 Å². The number of hydrogen-bond donors (Lipinski definition) is 2. The SMILES string of the molecule is O=C(O)C([CH]CC(C(=O)O)c1ccccc1)c1ccccc1. The molecule has 22 heavy (non-hydrogen) atoms. The maximum absolute atomic E-state index is 11.5. The molecule has 2 unspecified atom stereocenters. The van der Waals surface area contributed by atoms with Gasteiger partial charge in [0.05, 0.1) is 11.8 Å². The van der Waals surface area contributed by atoms with Gasteiger partial charge in [0.25, 0.3) is 0 Å². The zero-order chi connectivity index (χ0) is 15.9. The fourth-order valence-corrected chi connectivity index (χ4v) is 2.38. The summed E-state index contributed by atoms with van der Waals surface area (Å²) in [6, 6.07) is 17.7. The molecule has 2 rings (SSSR count). The molecule has 0 aliphatic rings. The van der Waals surface area contributed by atoms with E-state index in [9.17, 15) is 19.8 Å². The zero-order valence-corrected chi connectivity index (χ0v) is 11.9. The van der Waals surface area contributed by atoms with Gasteiger partial charge in [-0.3, -0.25) is 9.59 Å². The molecular weight excluding hydrogens is 280 g/mol. The van der Waals surface area contributed by atoms with Crippen LogP contribution in [0, 0.1) is 6.42 Å².